The number of carbonyl (C=O) groups is 1. The second kappa shape index (κ2) is 11.0. The predicted molar refractivity (Wildman–Crippen MR) is 133 cm³/mol. The molecule has 0 radical (unpaired) electrons. The van der Waals surface area contributed by atoms with Crippen molar-refractivity contribution in [2.45, 2.75) is 57.0 Å². The maximum atomic E-state index is 12.6. The molecule has 6 heteroatoms. The number of piperidine rings is 1. The largest absolute Gasteiger partial charge is 0.349 e. The average Bonchev–Trinajstić information content (AvgIpc) is 3.30. The minimum atomic E-state index is 0.0860. The molecule has 5 rings (SSSR count). The van der Waals surface area contributed by atoms with Crippen molar-refractivity contribution in [1.82, 2.24) is 25.0 Å². The third-order valence-electron chi connectivity index (χ3n) is 7.42. The molecule has 1 saturated carbocycles. The first-order valence-corrected chi connectivity index (χ1v) is 12.8. The Balaban J connectivity index is 1.12. The van der Waals surface area contributed by atoms with E-state index in [2.05, 4.69) is 68.4 Å². The van der Waals surface area contributed by atoms with Gasteiger partial charge in [-0.05, 0) is 43.2 Å². The molecule has 1 atom stereocenters. The second-order valence-electron chi connectivity index (χ2n) is 9.76. The lowest BCUT2D eigenvalue weighted by Crippen LogP contribution is -2.40. The molecule has 3 aromatic rings. The average molecular weight is 458 g/mol. The fraction of sp³-hybridized carbons (Fsp3) is 0.464. The topological polar surface area (TPSA) is 63.1 Å². The Labute approximate surface area is 202 Å². The molecule has 2 fully saturated rings. The van der Waals surface area contributed by atoms with Crippen LogP contribution in [0.5, 0.6) is 0 Å². The number of hydrogen-bond donors (Lipinski definition) is 1. The first-order chi connectivity index (χ1) is 16.7. The van der Waals surface area contributed by atoms with E-state index in [4.69, 9.17) is 5.10 Å². The summed E-state index contributed by atoms with van der Waals surface area (Å²) in [5.41, 5.74) is 2.45. The van der Waals surface area contributed by atoms with Crippen molar-refractivity contribution in [3.8, 4) is 0 Å². The molecule has 178 valence electrons. The Bertz CT molecular complexity index is 1040. The summed E-state index contributed by atoms with van der Waals surface area (Å²) in [7, 11) is 0. The SMILES string of the molecule is O=C(N[C@@H](CCN1CCC(n2cnc(Cc3ccccc3)n2)CC1)c1ccccc1)C1CCC1. The van der Waals surface area contributed by atoms with Crippen LogP contribution < -0.4 is 5.32 Å². The van der Waals surface area contributed by atoms with Crippen LogP contribution in [0.1, 0.15) is 67.6 Å². The van der Waals surface area contributed by atoms with Gasteiger partial charge in [-0.25, -0.2) is 9.67 Å². The van der Waals surface area contributed by atoms with Crippen LogP contribution >= 0.6 is 0 Å². The lowest BCUT2D eigenvalue weighted by Gasteiger charge is -2.33. The van der Waals surface area contributed by atoms with Gasteiger partial charge in [-0.3, -0.25) is 4.79 Å². The molecule has 0 unspecified atom stereocenters. The van der Waals surface area contributed by atoms with E-state index >= 15 is 0 Å². The van der Waals surface area contributed by atoms with Gasteiger partial charge in [0, 0.05) is 32.0 Å². The molecule has 0 spiro atoms. The van der Waals surface area contributed by atoms with Crippen molar-refractivity contribution in [3.63, 3.8) is 0 Å². The second-order valence-corrected chi connectivity index (χ2v) is 9.76. The van der Waals surface area contributed by atoms with Gasteiger partial charge >= 0.3 is 0 Å². The zero-order valence-electron chi connectivity index (χ0n) is 19.9. The molecule has 34 heavy (non-hydrogen) atoms. The molecular weight excluding hydrogens is 422 g/mol. The molecule has 1 aliphatic carbocycles. The number of carbonyl (C=O) groups excluding carboxylic acids is 1. The highest BCUT2D eigenvalue weighted by molar-refractivity contribution is 5.79. The van der Waals surface area contributed by atoms with Crippen molar-refractivity contribution in [2.75, 3.05) is 19.6 Å². The molecule has 2 heterocycles. The minimum absolute atomic E-state index is 0.0860. The summed E-state index contributed by atoms with van der Waals surface area (Å²) in [6.07, 6.45) is 9.05. The summed E-state index contributed by atoms with van der Waals surface area (Å²) in [4.78, 5) is 19.7. The number of rotatable bonds is 9. The number of benzene rings is 2. The number of nitrogens with one attached hydrogen (secondary N) is 1. The molecular formula is C28H35N5O. The van der Waals surface area contributed by atoms with Gasteiger partial charge in [0.05, 0.1) is 12.1 Å². The summed E-state index contributed by atoms with van der Waals surface area (Å²) >= 11 is 0. The van der Waals surface area contributed by atoms with Crippen LogP contribution in [0.4, 0.5) is 0 Å². The van der Waals surface area contributed by atoms with Crippen LogP contribution in [0.15, 0.2) is 67.0 Å². The van der Waals surface area contributed by atoms with E-state index in [0.717, 1.165) is 64.0 Å². The van der Waals surface area contributed by atoms with E-state index < -0.39 is 0 Å². The zero-order chi connectivity index (χ0) is 23.2. The zero-order valence-corrected chi connectivity index (χ0v) is 19.9. The molecule has 1 aliphatic heterocycles. The monoisotopic (exact) mass is 457 g/mol. The lowest BCUT2D eigenvalue weighted by molar-refractivity contribution is -0.128. The Hall–Kier alpha value is -2.99. The third kappa shape index (κ3) is 5.73. The molecule has 2 aliphatic rings. The van der Waals surface area contributed by atoms with E-state index in [0.29, 0.717) is 6.04 Å². The number of likely N-dealkylation sites (tertiary alicyclic amines) is 1. The van der Waals surface area contributed by atoms with Crippen LogP contribution in [-0.2, 0) is 11.2 Å². The number of hydrogen-bond acceptors (Lipinski definition) is 4. The summed E-state index contributed by atoms with van der Waals surface area (Å²) in [5, 5.41) is 8.11. The highest BCUT2D eigenvalue weighted by Crippen LogP contribution is 2.28. The maximum absolute atomic E-state index is 12.6. The molecule has 1 saturated heterocycles. The van der Waals surface area contributed by atoms with Gasteiger partial charge in [0.1, 0.15) is 6.33 Å². The Morgan fingerprint density at radius 2 is 1.68 bits per heavy atom. The van der Waals surface area contributed by atoms with E-state index in [1.54, 1.807) is 0 Å². The normalized spacial score (nSPS) is 18.4. The first-order valence-electron chi connectivity index (χ1n) is 12.8. The summed E-state index contributed by atoms with van der Waals surface area (Å²) in [6, 6.07) is 21.3. The highest BCUT2D eigenvalue weighted by Gasteiger charge is 2.28. The first kappa shape index (κ1) is 22.8. The van der Waals surface area contributed by atoms with E-state index in [9.17, 15) is 4.79 Å². The van der Waals surface area contributed by atoms with Gasteiger partial charge in [-0.15, -0.1) is 0 Å². The van der Waals surface area contributed by atoms with Crippen molar-refractivity contribution in [3.05, 3.63) is 83.9 Å². The summed E-state index contributed by atoms with van der Waals surface area (Å²) in [6.45, 7) is 3.10. The van der Waals surface area contributed by atoms with Crippen LogP contribution in [0, 0.1) is 5.92 Å². The molecule has 2 aromatic carbocycles. The van der Waals surface area contributed by atoms with Crippen LogP contribution in [0.25, 0.3) is 0 Å². The van der Waals surface area contributed by atoms with Crippen LogP contribution in [0.2, 0.25) is 0 Å². The van der Waals surface area contributed by atoms with E-state index in [1.165, 1.54) is 17.5 Å². The fourth-order valence-electron chi connectivity index (χ4n) is 5.03. The van der Waals surface area contributed by atoms with Gasteiger partial charge in [-0.1, -0.05) is 67.1 Å². The predicted octanol–water partition coefficient (Wildman–Crippen LogP) is 4.55. The van der Waals surface area contributed by atoms with Crippen LogP contribution in [0.3, 0.4) is 0 Å². The summed E-state index contributed by atoms with van der Waals surface area (Å²) in [5.74, 6) is 1.34. The highest BCUT2D eigenvalue weighted by atomic mass is 16.2. The molecule has 1 amide bonds. The quantitative estimate of drug-likeness (QED) is 0.512. The van der Waals surface area contributed by atoms with Crippen molar-refractivity contribution in [2.24, 2.45) is 5.92 Å². The van der Waals surface area contributed by atoms with Gasteiger partial charge in [-0.2, -0.15) is 5.10 Å². The Morgan fingerprint density at radius 1 is 0.971 bits per heavy atom. The lowest BCUT2D eigenvalue weighted by atomic mass is 9.84. The number of aromatic nitrogens is 3. The van der Waals surface area contributed by atoms with Gasteiger partial charge in [0.15, 0.2) is 5.82 Å². The van der Waals surface area contributed by atoms with Crippen molar-refractivity contribution >= 4 is 5.91 Å². The van der Waals surface area contributed by atoms with Gasteiger partial charge in [0.2, 0.25) is 5.91 Å². The molecule has 1 N–H and O–H groups in total. The van der Waals surface area contributed by atoms with Gasteiger partial charge in [0.25, 0.3) is 0 Å². The summed E-state index contributed by atoms with van der Waals surface area (Å²) < 4.78 is 2.07. The third-order valence-corrected chi connectivity index (χ3v) is 7.42. The standard InChI is InChI=1S/C28H35N5O/c34-28(24-12-7-13-24)30-26(23-10-5-2-6-11-23)16-19-32-17-14-25(15-18-32)33-21-29-27(31-33)20-22-8-3-1-4-9-22/h1-6,8-11,21,24-26H,7,12-20H2,(H,30,34)/t26-/m0/s1. The van der Waals surface area contributed by atoms with Crippen LogP contribution in [-0.4, -0.2) is 45.2 Å². The molecule has 1 aromatic heterocycles. The fourth-order valence-corrected chi connectivity index (χ4v) is 5.03. The van der Waals surface area contributed by atoms with E-state index in [1.807, 2.05) is 18.5 Å². The minimum Gasteiger partial charge on any atom is -0.349 e. The molecule has 6 nitrogen and oxygen atoms in total. The number of amides is 1. The number of nitrogens with zero attached hydrogens (tertiary/aromatic N) is 4. The van der Waals surface area contributed by atoms with Gasteiger partial charge < -0.3 is 10.2 Å². The smallest absolute Gasteiger partial charge is 0.223 e. The Morgan fingerprint density at radius 3 is 2.35 bits per heavy atom. The van der Waals surface area contributed by atoms with E-state index in [-0.39, 0.29) is 17.9 Å². The Kier molecular flexibility index (Phi) is 7.34. The van der Waals surface area contributed by atoms with Crippen molar-refractivity contribution < 1.29 is 4.79 Å². The van der Waals surface area contributed by atoms with Crippen molar-refractivity contribution in [1.29, 1.82) is 0 Å². The maximum Gasteiger partial charge on any atom is 0.223 e. The molecule has 0 bridgehead atoms.